The van der Waals surface area contributed by atoms with Crippen LogP contribution < -0.4 is 11.1 Å². The number of benzene rings is 1. The van der Waals surface area contributed by atoms with Gasteiger partial charge in [0.25, 0.3) is 0 Å². The van der Waals surface area contributed by atoms with Crippen molar-refractivity contribution in [2.24, 2.45) is 10.7 Å². The van der Waals surface area contributed by atoms with Gasteiger partial charge in [0.15, 0.2) is 5.96 Å². The molecule has 0 bridgehead atoms. The van der Waals surface area contributed by atoms with E-state index in [0.29, 0.717) is 12.5 Å². The molecule has 1 aromatic rings. The average molecular weight is 261 g/mol. The fourth-order valence-corrected chi connectivity index (χ4v) is 2.48. The van der Waals surface area contributed by atoms with Gasteiger partial charge in [0.05, 0.1) is 12.1 Å². The van der Waals surface area contributed by atoms with Crippen LogP contribution in [0.4, 0.5) is 5.69 Å². The summed E-state index contributed by atoms with van der Waals surface area (Å²) in [4.78, 5) is 4.26. The highest BCUT2D eigenvalue weighted by molar-refractivity contribution is 5.92. The molecule has 1 aliphatic rings. The number of aryl methyl sites for hydroxylation is 1. The molecular formula is C15H23N3O. The zero-order valence-corrected chi connectivity index (χ0v) is 11.5. The molecule has 4 heteroatoms. The SMILES string of the molecule is CCc1cccc(NC(N)=NCC2(O)CCCC2)c1. The molecule has 0 saturated heterocycles. The summed E-state index contributed by atoms with van der Waals surface area (Å²) in [5.74, 6) is 0.369. The van der Waals surface area contributed by atoms with Crippen LogP contribution in [0.5, 0.6) is 0 Å². The number of rotatable bonds is 4. The number of hydrogen-bond acceptors (Lipinski definition) is 2. The van der Waals surface area contributed by atoms with E-state index in [9.17, 15) is 5.11 Å². The van der Waals surface area contributed by atoms with Crippen molar-refractivity contribution >= 4 is 11.6 Å². The fourth-order valence-electron chi connectivity index (χ4n) is 2.48. The predicted octanol–water partition coefficient (Wildman–Crippen LogP) is 2.28. The lowest BCUT2D eigenvalue weighted by atomic mass is 10.0. The molecule has 0 aliphatic heterocycles. The van der Waals surface area contributed by atoms with E-state index in [1.54, 1.807) is 0 Å². The molecule has 4 N–H and O–H groups in total. The first-order valence-corrected chi connectivity index (χ1v) is 6.99. The zero-order valence-electron chi connectivity index (χ0n) is 11.5. The summed E-state index contributed by atoms with van der Waals surface area (Å²) in [5.41, 5.74) is 7.42. The Morgan fingerprint density at radius 2 is 2.16 bits per heavy atom. The number of guanidine groups is 1. The minimum atomic E-state index is -0.641. The van der Waals surface area contributed by atoms with Crippen LogP contribution in [-0.2, 0) is 6.42 Å². The molecule has 1 aliphatic carbocycles. The Morgan fingerprint density at radius 3 is 2.84 bits per heavy atom. The molecular weight excluding hydrogens is 238 g/mol. The first-order valence-electron chi connectivity index (χ1n) is 6.99. The third-order valence-electron chi connectivity index (χ3n) is 3.69. The van der Waals surface area contributed by atoms with Gasteiger partial charge in [-0.1, -0.05) is 31.9 Å². The minimum Gasteiger partial charge on any atom is -0.388 e. The van der Waals surface area contributed by atoms with E-state index in [4.69, 9.17) is 5.73 Å². The summed E-state index contributed by atoms with van der Waals surface area (Å²) in [6.07, 6.45) is 4.81. The summed E-state index contributed by atoms with van der Waals surface area (Å²) in [6.45, 7) is 2.51. The maximum Gasteiger partial charge on any atom is 0.193 e. The third kappa shape index (κ3) is 3.96. The van der Waals surface area contributed by atoms with Gasteiger partial charge in [0.2, 0.25) is 0 Å². The van der Waals surface area contributed by atoms with Crippen molar-refractivity contribution < 1.29 is 5.11 Å². The third-order valence-corrected chi connectivity index (χ3v) is 3.69. The second-order valence-corrected chi connectivity index (χ2v) is 5.31. The Balaban J connectivity index is 1.94. The minimum absolute atomic E-state index is 0.369. The summed E-state index contributed by atoms with van der Waals surface area (Å²) >= 11 is 0. The lowest BCUT2D eigenvalue weighted by Crippen LogP contribution is -2.31. The molecule has 104 valence electrons. The quantitative estimate of drug-likeness (QED) is 0.575. The number of nitrogens with two attached hydrogens (primary N) is 1. The Morgan fingerprint density at radius 1 is 1.42 bits per heavy atom. The molecule has 1 aromatic carbocycles. The van der Waals surface area contributed by atoms with Crippen molar-refractivity contribution in [3.63, 3.8) is 0 Å². The number of aliphatic hydroxyl groups is 1. The number of hydrogen-bond donors (Lipinski definition) is 3. The van der Waals surface area contributed by atoms with Crippen LogP contribution in [-0.4, -0.2) is 23.2 Å². The topological polar surface area (TPSA) is 70.6 Å². The van der Waals surface area contributed by atoms with Gasteiger partial charge in [-0.15, -0.1) is 0 Å². The molecule has 1 fully saturated rings. The van der Waals surface area contributed by atoms with E-state index in [1.165, 1.54) is 5.56 Å². The van der Waals surface area contributed by atoms with Gasteiger partial charge in [0, 0.05) is 5.69 Å². The van der Waals surface area contributed by atoms with E-state index >= 15 is 0 Å². The van der Waals surface area contributed by atoms with Gasteiger partial charge >= 0.3 is 0 Å². The standard InChI is InChI=1S/C15H23N3O/c1-2-12-6-5-7-13(10-12)18-14(16)17-11-15(19)8-3-4-9-15/h5-7,10,19H,2-4,8-9,11H2,1H3,(H3,16,17,18). The van der Waals surface area contributed by atoms with E-state index in [1.807, 2.05) is 12.1 Å². The normalized spacial score (nSPS) is 18.5. The number of nitrogens with one attached hydrogen (secondary N) is 1. The van der Waals surface area contributed by atoms with Gasteiger partial charge in [-0.25, -0.2) is 0 Å². The van der Waals surface area contributed by atoms with Crippen molar-refractivity contribution in [2.45, 2.75) is 44.6 Å². The summed E-state index contributed by atoms with van der Waals surface area (Å²) in [5, 5.41) is 13.3. The van der Waals surface area contributed by atoms with Crippen LogP contribution in [0, 0.1) is 0 Å². The number of aliphatic imine (C=N–C) groups is 1. The zero-order chi connectivity index (χ0) is 13.7. The summed E-state index contributed by atoms with van der Waals surface area (Å²) < 4.78 is 0. The maximum atomic E-state index is 10.2. The first-order chi connectivity index (χ1) is 9.11. The van der Waals surface area contributed by atoms with Crippen LogP contribution in [0.15, 0.2) is 29.3 Å². The highest BCUT2D eigenvalue weighted by Crippen LogP contribution is 2.29. The molecule has 0 atom stereocenters. The van der Waals surface area contributed by atoms with Gasteiger partial charge in [-0.05, 0) is 37.0 Å². The second kappa shape index (κ2) is 6.06. The predicted molar refractivity (Wildman–Crippen MR) is 79.3 cm³/mol. The van der Waals surface area contributed by atoms with Gasteiger partial charge < -0.3 is 16.2 Å². The van der Waals surface area contributed by atoms with Gasteiger partial charge in [0.1, 0.15) is 0 Å². The maximum absolute atomic E-state index is 10.2. The molecule has 0 spiro atoms. The van der Waals surface area contributed by atoms with Crippen molar-refractivity contribution in [3.05, 3.63) is 29.8 Å². The summed E-state index contributed by atoms with van der Waals surface area (Å²) in [7, 11) is 0. The monoisotopic (exact) mass is 261 g/mol. The molecule has 0 aromatic heterocycles. The Bertz CT molecular complexity index is 450. The molecule has 1 saturated carbocycles. The molecule has 19 heavy (non-hydrogen) atoms. The molecule has 0 amide bonds. The second-order valence-electron chi connectivity index (χ2n) is 5.31. The fraction of sp³-hybridized carbons (Fsp3) is 0.533. The van der Waals surface area contributed by atoms with Crippen molar-refractivity contribution in [3.8, 4) is 0 Å². The smallest absolute Gasteiger partial charge is 0.193 e. The van der Waals surface area contributed by atoms with Crippen LogP contribution in [0.1, 0.15) is 38.2 Å². The van der Waals surface area contributed by atoms with E-state index < -0.39 is 5.60 Å². The Labute approximate surface area is 114 Å². The lowest BCUT2D eigenvalue weighted by Gasteiger charge is -2.19. The average Bonchev–Trinajstić information content (AvgIpc) is 2.84. The van der Waals surface area contributed by atoms with Crippen molar-refractivity contribution in [2.75, 3.05) is 11.9 Å². The van der Waals surface area contributed by atoms with Crippen molar-refractivity contribution in [1.82, 2.24) is 0 Å². The molecule has 4 nitrogen and oxygen atoms in total. The Kier molecular flexibility index (Phi) is 4.43. The first kappa shape index (κ1) is 13.9. The van der Waals surface area contributed by atoms with Crippen LogP contribution in [0.3, 0.4) is 0 Å². The number of nitrogens with zero attached hydrogens (tertiary/aromatic N) is 1. The lowest BCUT2D eigenvalue weighted by molar-refractivity contribution is 0.0575. The highest BCUT2D eigenvalue weighted by Gasteiger charge is 2.30. The molecule has 0 radical (unpaired) electrons. The van der Waals surface area contributed by atoms with E-state index in [-0.39, 0.29) is 0 Å². The van der Waals surface area contributed by atoms with E-state index in [2.05, 4.69) is 29.4 Å². The van der Waals surface area contributed by atoms with Crippen molar-refractivity contribution in [1.29, 1.82) is 0 Å². The van der Waals surface area contributed by atoms with E-state index in [0.717, 1.165) is 37.8 Å². The highest BCUT2D eigenvalue weighted by atomic mass is 16.3. The molecule has 0 heterocycles. The van der Waals surface area contributed by atoms with Crippen LogP contribution >= 0.6 is 0 Å². The van der Waals surface area contributed by atoms with Gasteiger partial charge in [-0.2, -0.15) is 0 Å². The van der Waals surface area contributed by atoms with Crippen LogP contribution in [0.2, 0.25) is 0 Å². The summed E-state index contributed by atoms with van der Waals surface area (Å²) in [6, 6.07) is 8.11. The Hall–Kier alpha value is -1.55. The van der Waals surface area contributed by atoms with Gasteiger partial charge in [-0.3, -0.25) is 4.99 Å². The molecule has 2 rings (SSSR count). The van der Waals surface area contributed by atoms with Crippen LogP contribution in [0.25, 0.3) is 0 Å². The molecule has 0 unspecified atom stereocenters. The largest absolute Gasteiger partial charge is 0.388 e. The number of anilines is 1.